The molecule has 1 aromatic carbocycles. The molecule has 2 aromatic rings. The number of rotatable bonds is 5. The Kier molecular flexibility index (Phi) is 5.47. The number of amides is 2. The number of carbonyl (C=O) groups excluding carboxylic acids is 1. The average Bonchev–Trinajstić information content (AvgIpc) is 3.22. The third-order valence-corrected chi connectivity index (χ3v) is 5.77. The molecule has 0 spiro atoms. The van der Waals surface area contributed by atoms with E-state index in [1.54, 1.807) is 6.20 Å². The van der Waals surface area contributed by atoms with Crippen molar-refractivity contribution in [1.82, 2.24) is 10.3 Å². The average molecular weight is 396 g/mol. The van der Waals surface area contributed by atoms with Crippen LogP contribution in [0.1, 0.15) is 31.2 Å². The smallest absolute Gasteiger partial charge is 0.319 e. The van der Waals surface area contributed by atoms with E-state index in [-0.39, 0.29) is 11.4 Å². The number of nitrogens with one attached hydrogen (secondary N) is 2. The number of ether oxygens (including phenoxy) is 2. The monoisotopic (exact) mass is 396 g/mol. The number of nitrogens with zero attached hydrogens (tertiary/aromatic N) is 2. The van der Waals surface area contributed by atoms with Crippen LogP contribution < -0.4 is 25.0 Å². The zero-order valence-corrected chi connectivity index (χ0v) is 17.0. The number of hydrogen-bond acceptors (Lipinski definition) is 5. The van der Waals surface area contributed by atoms with Gasteiger partial charge in [0.25, 0.3) is 0 Å². The second kappa shape index (κ2) is 8.19. The van der Waals surface area contributed by atoms with E-state index >= 15 is 0 Å². The van der Waals surface area contributed by atoms with Crippen molar-refractivity contribution in [2.75, 3.05) is 44.1 Å². The van der Waals surface area contributed by atoms with Crippen molar-refractivity contribution >= 4 is 17.5 Å². The first-order valence-electron chi connectivity index (χ1n) is 10.1. The van der Waals surface area contributed by atoms with Crippen LogP contribution in [0.25, 0.3) is 0 Å². The lowest BCUT2D eigenvalue weighted by molar-refractivity contribution is 0.171. The minimum Gasteiger partial charge on any atom is -0.486 e. The van der Waals surface area contributed by atoms with E-state index in [0.29, 0.717) is 25.4 Å². The summed E-state index contributed by atoms with van der Waals surface area (Å²) in [5, 5.41) is 5.94. The van der Waals surface area contributed by atoms with Gasteiger partial charge in [0.15, 0.2) is 11.5 Å². The first kappa shape index (κ1) is 19.4. The number of fused-ring (bicyclic) bond motifs is 1. The Morgan fingerprint density at radius 3 is 2.55 bits per heavy atom. The Morgan fingerprint density at radius 2 is 1.86 bits per heavy atom. The first-order valence-corrected chi connectivity index (χ1v) is 10.1. The van der Waals surface area contributed by atoms with Crippen LogP contribution in [0, 0.1) is 0 Å². The molecule has 2 aliphatic rings. The number of pyridine rings is 1. The molecule has 1 saturated carbocycles. The SMILES string of the molecule is CN(C)c1ccc(NC(=O)NCC2(c3ccc4c(c3)OCCO4)CCCC2)cn1. The fraction of sp³-hybridized carbons (Fsp3) is 0.455. The van der Waals surface area contributed by atoms with Crippen molar-refractivity contribution in [3.8, 4) is 11.5 Å². The molecule has 154 valence electrons. The van der Waals surface area contributed by atoms with Gasteiger partial charge in [-0.15, -0.1) is 0 Å². The predicted molar refractivity (Wildman–Crippen MR) is 113 cm³/mol. The van der Waals surface area contributed by atoms with Crippen molar-refractivity contribution in [3.05, 3.63) is 42.1 Å². The van der Waals surface area contributed by atoms with Crippen molar-refractivity contribution in [3.63, 3.8) is 0 Å². The van der Waals surface area contributed by atoms with Crippen molar-refractivity contribution in [1.29, 1.82) is 0 Å². The van der Waals surface area contributed by atoms with Gasteiger partial charge in [-0.05, 0) is 42.7 Å². The number of carbonyl (C=O) groups is 1. The molecule has 1 fully saturated rings. The molecular formula is C22H28N4O3. The van der Waals surface area contributed by atoms with Gasteiger partial charge in [-0.1, -0.05) is 18.9 Å². The number of hydrogen-bond donors (Lipinski definition) is 2. The van der Waals surface area contributed by atoms with Crippen LogP contribution in [0.2, 0.25) is 0 Å². The van der Waals surface area contributed by atoms with Gasteiger partial charge in [0.2, 0.25) is 0 Å². The van der Waals surface area contributed by atoms with Gasteiger partial charge in [0, 0.05) is 26.1 Å². The molecule has 0 unspecified atom stereocenters. The molecular weight excluding hydrogens is 368 g/mol. The van der Waals surface area contributed by atoms with E-state index in [1.807, 2.05) is 37.2 Å². The lowest BCUT2D eigenvalue weighted by atomic mass is 9.78. The largest absolute Gasteiger partial charge is 0.486 e. The normalized spacial score (nSPS) is 16.9. The van der Waals surface area contributed by atoms with E-state index in [4.69, 9.17) is 9.47 Å². The van der Waals surface area contributed by atoms with Crippen LogP contribution >= 0.6 is 0 Å². The van der Waals surface area contributed by atoms with Crippen LogP contribution in [-0.2, 0) is 5.41 Å². The molecule has 1 aromatic heterocycles. The van der Waals surface area contributed by atoms with Crippen molar-refractivity contribution in [2.24, 2.45) is 0 Å². The van der Waals surface area contributed by atoms with E-state index < -0.39 is 0 Å². The van der Waals surface area contributed by atoms with Gasteiger partial charge >= 0.3 is 6.03 Å². The van der Waals surface area contributed by atoms with Crippen LogP contribution in [0.4, 0.5) is 16.3 Å². The first-order chi connectivity index (χ1) is 14.1. The molecule has 1 aliphatic carbocycles. The maximum atomic E-state index is 12.5. The Bertz CT molecular complexity index is 861. The van der Waals surface area contributed by atoms with Crippen LogP contribution in [0.3, 0.4) is 0 Å². The van der Waals surface area contributed by atoms with E-state index in [9.17, 15) is 4.79 Å². The van der Waals surface area contributed by atoms with Gasteiger partial charge in [0.1, 0.15) is 19.0 Å². The predicted octanol–water partition coefficient (Wildman–Crippen LogP) is 3.55. The number of anilines is 2. The third-order valence-electron chi connectivity index (χ3n) is 5.77. The molecule has 0 atom stereocenters. The van der Waals surface area contributed by atoms with Gasteiger partial charge in [-0.2, -0.15) is 0 Å². The summed E-state index contributed by atoms with van der Waals surface area (Å²) in [7, 11) is 3.86. The zero-order chi connectivity index (χ0) is 20.3. The third kappa shape index (κ3) is 4.23. The summed E-state index contributed by atoms with van der Waals surface area (Å²) < 4.78 is 11.4. The Hall–Kier alpha value is -2.96. The summed E-state index contributed by atoms with van der Waals surface area (Å²) in [5.41, 5.74) is 1.81. The van der Waals surface area contributed by atoms with E-state index in [2.05, 4.69) is 27.8 Å². The van der Waals surface area contributed by atoms with E-state index in [0.717, 1.165) is 43.0 Å². The van der Waals surface area contributed by atoms with Crippen molar-refractivity contribution < 1.29 is 14.3 Å². The summed E-state index contributed by atoms with van der Waals surface area (Å²) in [6, 6.07) is 9.71. The Balaban J connectivity index is 1.42. The van der Waals surface area contributed by atoms with Gasteiger partial charge in [-0.3, -0.25) is 0 Å². The minimum absolute atomic E-state index is 0.0692. The van der Waals surface area contributed by atoms with Gasteiger partial charge in [-0.25, -0.2) is 9.78 Å². The standard InChI is InChI=1S/C22H28N4O3/c1-26(2)20-8-6-17(14-23-20)25-21(27)24-15-22(9-3-4-10-22)16-5-7-18-19(13-16)29-12-11-28-18/h5-8,13-14H,3-4,9-12,15H2,1-2H3,(H2,24,25,27). The number of aromatic nitrogens is 1. The van der Waals surface area contributed by atoms with Crippen molar-refractivity contribution in [2.45, 2.75) is 31.1 Å². The zero-order valence-electron chi connectivity index (χ0n) is 17.0. The summed E-state index contributed by atoms with van der Waals surface area (Å²) in [6.07, 6.45) is 6.08. The van der Waals surface area contributed by atoms with E-state index in [1.165, 1.54) is 5.56 Å². The number of benzene rings is 1. The second-order valence-corrected chi connectivity index (χ2v) is 7.95. The Morgan fingerprint density at radius 1 is 1.10 bits per heavy atom. The molecule has 7 heteroatoms. The van der Waals surface area contributed by atoms with Crippen LogP contribution in [-0.4, -0.2) is 44.9 Å². The van der Waals surface area contributed by atoms with Crippen LogP contribution in [0.15, 0.2) is 36.5 Å². The highest BCUT2D eigenvalue weighted by molar-refractivity contribution is 5.89. The highest BCUT2D eigenvalue weighted by atomic mass is 16.6. The lowest BCUT2D eigenvalue weighted by Crippen LogP contribution is -2.41. The molecule has 29 heavy (non-hydrogen) atoms. The maximum Gasteiger partial charge on any atom is 0.319 e. The molecule has 2 heterocycles. The van der Waals surface area contributed by atoms with Gasteiger partial charge in [0.05, 0.1) is 11.9 Å². The molecule has 2 N–H and O–H groups in total. The summed E-state index contributed by atoms with van der Waals surface area (Å²) in [6.45, 7) is 1.75. The molecule has 2 amide bonds. The molecule has 7 nitrogen and oxygen atoms in total. The molecule has 0 saturated heterocycles. The molecule has 0 radical (unpaired) electrons. The van der Waals surface area contributed by atoms with Crippen LogP contribution in [0.5, 0.6) is 11.5 Å². The maximum absolute atomic E-state index is 12.5. The fourth-order valence-corrected chi connectivity index (χ4v) is 4.14. The quantitative estimate of drug-likeness (QED) is 0.808. The highest BCUT2D eigenvalue weighted by Crippen LogP contribution is 2.43. The number of urea groups is 1. The highest BCUT2D eigenvalue weighted by Gasteiger charge is 2.36. The fourth-order valence-electron chi connectivity index (χ4n) is 4.14. The molecule has 4 rings (SSSR count). The topological polar surface area (TPSA) is 75.7 Å². The molecule has 0 bridgehead atoms. The minimum atomic E-state index is -0.215. The summed E-state index contributed by atoms with van der Waals surface area (Å²) >= 11 is 0. The summed E-state index contributed by atoms with van der Waals surface area (Å²) in [5.74, 6) is 2.45. The molecule has 1 aliphatic heterocycles. The Labute approximate surface area is 171 Å². The van der Waals surface area contributed by atoms with Gasteiger partial charge < -0.3 is 25.0 Å². The second-order valence-electron chi connectivity index (χ2n) is 7.95. The summed E-state index contributed by atoms with van der Waals surface area (Å²) in [4.78, 5) is 18.7. The lowest BCUT2D eigenvalue weighted by Gasteiger charge is -2.31.